The van der Waals surface area contributed by atoms with E-state index >= 15 is 0 Å². The van der Waals surface area contributed by atoms with E-state index in [9.17, 15) is 18.3 Å². The van der Waals surface area contributed by atoms with Gasteiger partial charge in [-0.3, -0.25) is 0 Å². The number of sulfonamides is 1. The molecule has 4 rings (SSSR count). The zero-order chi connectivity index (χ0) is 27.0. The van der Waals surface area contributed by atoms with Crippen molar-refractivity contribution in [3.8, 4) is 0 Å². The first-order valence-electron chi connectivity index (χ1n) is 12.4. The van der Waals surface area contributed by atoms with Gasteiger partial charge in [-0.25, -0.2) is 28.0 Å². The van der Waals surface area contributed by atoms with Gasteiger partial charge in [-0.2, -0.15) is 10.1 Å². The highest BCUT2D eigenvalue weighted by molar-refractivity contribution is 7.89. The van der Waals surface area contributed by atoms with Crippen LogP contribution in [0.3, 0.4) is 0 Å². The van der Waals surface area contributed by atoms with Crippen molar-refractivity contribution in [3.05, 3.63) is 36.2 Å². The Labute approximate surface area is 217 Å². The van der Waals surface area contributed by atoms with E-state index in [1.807, 2.05) is 25.5 Å². The summed E-state index contributed by atoms with van der Waals surface area (Å²) < 4.78 is 25.6. The van der Waals surface area contributed by atoms with Crippen molar-refractivity contribution in [2.75, 3.05) is 11.9 Å². The van der Waals surface area contributed by atoms with E-state index in [0.29, 0.717) is 47.8 Å². The van der Waals surface area contributed by atoms with Crippen LogP contribution < -0.4 is 10.5 Å². The number of aryl methyl sites for hydroxylation is 1. The lowest BCUT2D eigenvalue weighted by atomic mass is 9.81. The quantitative estimate of drug-likeness (QED) is 0.413. The van der Waals surface area contributed by atoms with Gasteiger partial charge in [0.05, 0.1) is 16.5 Å². The number of rotatable bonds is 7. The molecule has 1 saturated carbocycles. The molecule has 1 aliphatic carbocycles. The van der Waals surface area contributed by atoms with Gasteiger partial charge in [0.1, 0.15) is 0 Å². The van der Waals surface area contributed by atoms with Gasteiger partial charge < -0.3 is 15.3 Å². The third kappa shape index (κ3) is 6.37. The molecule has 0 atom stereocenters. The summed E-state index contributed by atoms with van der Waals surface area (Å²) in [6, 6.07) is 4.90. The predicted octanol–water partition coefficient (Wildman–Crippen LogP) is 4.11. The number of amides is 1. The molecule has 4 N–H and O–H groups in total. The lowest BCUT2D eigenvalue weighted by Crippen LogP contribution is -2.47. The number of anilines is 2. The average molecular weight is 530 g/mol. The van der Waals surface area contributed by atoms with Crippen molar-refractivity contribution >= 4 is 38.8 Å². The number of carboxylic acid groups (broad SMARTS) is 1. The number of fused-ring (bicyclic) bond motifs is 1. The van der Waals surface area contributed by atoms with Crippen LogP contribution in [0.5, 0.6) is 0 Å². The van der Waals surface area contributed by atoms with Gasteiger partial charge in [0, 0.05) is 30.5 Å². The number of nitrogens with two attached hydrogens (primary N) is 1. The zero-order valence-electron chi connectivity index (χ0n) is 21.7. The fourth-order valence-corrected chi connectivity index (χ4v) is 5.72. The van der Waals surface area contributed by atoms with Crippen LogP contribution in [0.25, 0.3) is 11.0 Å². The van der Waals surface area contributed by atoms with E-state index in [1.54, 1.807) is 36.4 Å². The number of hydrogen-bond donors (Lipinski definition) is 3. The SMILES string of the molecule is Cc1ccc(Nc2ncc3cnn(CC4CCC(CN(C(=O)O)C(C)(C)C)CC4)c3n2)cc1S(N)(=O)=O. The van der Waals surface area contributed by atoms with E-state index in [1.165, 1.54) is 6.07 Å². The van der Waals surface area contributed by atoms with Crippen molar-refractivity contribution in [1.29, 1.82) is 0 Å². The molecule has 0 saturated heterocycles. The summed E-state index contributed by atoms with van der Waals surface area (Å²) in [5.41, 5.74) is 1.36. The van der Waals surface area contributed by atoms with Crippen molar-refractivity contribution in [3.63, 3.8) is 0 Å². The largest absolute Gasteiger partial charge is 0.465 e. The maximum Gasteiger partial charge on any atom is 0.407 e. The first-order valence-corrected chi connectivity index (χ1v) is 14.0. The monoisotopic (exact) mass is 529 g/mol. The second-order valence-corrected chi connectivity index (χ2v) is 12.4. The minimum absolute atomic E-state index is 0.0493. The number of benzene rings is 1. The average Bonchev–Trinajstić information content (AvgIpc) is 3.20. The summed E-state index contributed by atoms with van der Waals surface area (Å²) >= 11 is 0. The Morgan fingerprint density at radius 2 is 1.86 bits per heavy atom. The van der Waals surface area contributed by atoms with E-state index in [4.69, 9.17) is 5.14 Å². The van der Waals surface area contributed by atoms with Crippen molar-refractivity contribution in [2.45, 2.75) is 70.4 Å². The summed E-state index contributed by atoms with van der Waals surface area (Å²) in [7, 11) is -3.85. The van der Waals surface area contributed by atoms with Crippen molar-refractivity contribution in [2.24, 2.45) is 17.0 Å². The van der Waals surface area contributed by atoms with Crippen LogP contribution >= 0.6 is 0 Å². The minimum Gasteiger partial charge on any atom is -0.465 e. The highest BCUT2D eigenvalue weighted by Crippen LogP contribution is 2.32. The molecule has 0 radical (unpaired) electrons. The number of nitrogens with one attached hydrogen (secondary N) is 1. The highest BCUT2D eigenvalue weighted by atomic mass is 32.2. The molecule has 12 heteroatoms. The summed E-state index contributed by atoms with van der Waals surface area (Å²) in [6.45, 7) is 8.75. The molecule has 2 aromatic heterocycles. The summed E-state index contributed by atoms with van der Waals surface area (Å²) in [6.07, 6.45) is 6.51. The maximum atomic E-state index is 11.9. The molecule has 1 fully saturated rings. The molecule has 0 spiro atoms. The van der Waals surface area contributed by atoms with E-state index < -0.39 is 21.7 Å². The van der Waals surface area contributed by atoms with Crippen LogP contribution in [0.4, 0.5) is 16.4 Å². The van der Waals surface area contributed by atoms with E-state index in [2.05, 4.69) is 20.4 Å². The molecule has 2 heterocycles. The highest BCUT2D eigenvalue weighted by Gasteiger charge is 2.31. The number of hydrogen-bond acceptors (Lipinski definition) is 7. The van der Waals surface area contributed by atoms with Gasteiger partial charge in [0.15, 0.2) is 5.65 Å². The minimum atomic E-state index is -3.85. The van der Waals surface area contributed by atoms with Crippen molar-refractivity contribution in [1.82, 2.24) is 24.6 Å². The van der Waals surface area contributed by atoms with Gasteiger partial charge in [0.25, 0.3) is 0 Å². The first kappa shape index (κ1) is 26.8. The Morgan fingerprint density at radius 1 is 1.19 bits per heavy atom. The molecule has 1 aliphatic rings. The van der Waals surface area contributed by atoms with Crippen LogP contribution in [-0.4, -0.2) is 56.3 Å². The third-order valence-corrected chi connectivity index (χ3v) is 8.06. The van der Waals surface area contributed by atoms with Crippen LogP contribution in [-0.2, 0) is 16.6 Å². The number of aromatic nitrogens is 4. The molecule has 0 aliphatic heterocycles. The normalized spacial score (nSPS) is 18.6. The Balaban J connectivity index is 1.43. The molecule has 11 nitrogen and oxygen atoms in total. The number of primary sulfonamides is 1. The predicted molar refractivity (Wildman–Crippen MR) is 141 cm³/mol. The Kier molecular flexibility index (Phi) is 7.43. The Bertz CT molecular complexity index is 1390. The Hall–Kier alpha value is -3.25. The first-order chi connectivity index (χ1) is 17.3. The lowest BCUT2D eigenvalue weighted by molar-refractivity contribution is 0.0789. The Morgan fingerprint density at radius 3 is 2.49 bits per heavy atom. The van der Waals surface area contributed by atoms with E-state index in [-0.39, 0.29) is 4.90 Å². The molecule has 37 heavy (non-hydrogen) atoms. The third-order valence-electron chi connectivity index (χ3n) is 7.01. The maximum absolute atomic E-state index is 11.9. The van der Waals surface area contributed by atoms with E-state index in [0.717, 1.165) is 31.1 Å². The zero-order valence-corrected chi connectivity index (χ0v) is 22.5. The summed E-state index contributed by atoms with van der Waals surface area (Å²) in [4.78, 5) is 22.3. The molecule has 0 bridgehead atoms. The summed E-state index contributed by atoms with van der Waals surface area (Å²) in [5.74, 6) is 1.11. The molecular weight excluding hydrogens is 494 g/mol. The molecular formula is C25H35N7O4S. The van der Waals surface area contributed by atoms with Gasteiger partial charge >= 0.3 is 6.09 Å². The van der Waals surface area contributed by atoms with Crippen LogP contribution in [0.15, 0.2) is 35.5 Å². The fourth-order valence-electron chi connectivity index (χ4n) is 4.91. The van der Waals surface area contributed by atoms with Gasteiger partial charge in [-0.1, -0.05) is 6.07 Å². The topological polar surface area (TPSA) is 156 Å². The number of nitrogens with zero attached hydrogens (tertiary/aromatic N) is 5. The van der Waals surface area contributed by atoms with Gasteiger partial charge in [-0.05, 0) is 82.9 Å². The van der Waals surface area contributed by atoms with Crippen LogP contribution in [0, 0.1) is 18.8 Å². The fraction of sp³-hybridized carbons (Fsp3) is 0.520. The molecule has 200 valence electrons. The van der Waals surface area contributed by atoms with Crippen molar-refractivity contribution < 1.29 is 18.3 Å². The molecule has 1 aromatic carbocycles. The second-order valence-electron chi connectivity index (χ2n) is 10.9. The molecule has 3 aromatic rings. The van der Waals surface area contributed by atoms with Gasteiger partial charge in [0.2, 0.25) is 16.0 Å². The molecule has 0 unspecified atom stereocenters. The second kappa shape index (κ2) is 10.3. The number of carbonyl (C=O) groups is 1. The standard InChI is InChI=1S/C25H35N7O4S/c1-16-5-10-20(11-21(16)37(26,35)36)29-23-27-12-19-13-28-32(22(19)30-23)15-18-8-6-17(7-9-18)14-31(24(33)34)25(2,3)4/h5,10-13,17-18H,6-9,14-15H2,1-4H3,(H,33,34)(H2,26,35,36)(H,27,29,30). The summed E-state index contributed by atoms with van der Waals surface area (Å²) in [5, 5.41) is 23.3. The van der Waals surface area contributed by atoms with Gasteiger partial charge in [-0.15, -0.1) is 0 Å². The molecule has 1 amide bonds. The lowest BCUT2D eigenvalue weighted by Gasteiger charge is -2.38. The van der Waals surface area contributed by atoms with Crippen LogP contribution in [0.1, 0.15) is 52.0 Å². The smallest absolute Gasteiger partial charge is 0.407 e. The van der Waals surface area contributed by atoms with Crippen LogP contribution in [0.2, 0.25) is 0 Å².